The molecule has 0 atom stereocenters. The number of nitrogens with one attached hydrogen (secondary N) is 1. The van der Waals surface area contributed by atoms with Crippen molar-refractivity contribution in [2.75, 3.05) is 26.3 Å². The number of urea groups is 1. The fourth-order valence-electron chi connectivity index (χ4n) is 2.16. The lowest BCUT2D eigenvalue weighted by atomic mass is 10.2. The normalized spacial score (nSPS) is 17.2. The van der Waals surface area contributed by atoms with Gasteiger partial charge in [0.2, 0.25) is 0 Å². The summed E-state index contributed by atoms with van der Waals surface area (Å²) in [5, 5.41) is 2.65. The molecule has 0 spiro atoms. The third-order valence-electron chi connectivity index (χ3n) is 3.31. The van der Waals surface area contributed by atoms with Crippen LogP contribution in [0.5, 0.6) is 5.75 Å². The van der Waals surface area contributed by atoms with Crippen LogP contribution in [0, 0.1) is 5.92 Å². The molecule has 1 N–H and O–H groups in total. The monoisotopic (exact) mass is 328 g/mol. The summed E-state index contributed by atoms with van der Waals surface area (Å²) < 4.78 is 36.3. The molecule has 5 nitrogen and oxygen atoms in total. The van der Waals surface area contributed by atoms with Gasteiger partial charge in [0.1, 0.15) is 12.3 Å². The summed E-state index contributed by atoms with van der Waals surface area (Å²) in [6.07, 6.45) is -3.28. The van der Waals surface area contributed by atoms with Gasteiger partial charge in [0, 0.05) is 18.7 Å². The van der Waals surface area contributed by atoms with Crippen molar-refractivity contribution in [1.29, 1.82) is 0 Å². The zero-order valence-corrected chi connectivity index (χ0v) is 13.4. The summed E-state index contributed by atoms with van der Waals surface area (Å²) in [5.41, 5.74) is 0.807. The van der Waals surface area contributed by atoms with Gasteiger partial charge in [-0.05, 0) is 12.0 Å². The van der Waals surface area contributed by atoms with Crippen LogP contribution in [0.3, 0.4) is 0 Å². The summed E-state index contributed by atoms with van der Waals surface area (Å²) in [6, 6.07) is 6.82. The number of hydrogen-bond acceptors (Lipinski definition) is 3. The second kappa shape index (κ2) is 7.59. The van der Waals surface area contributed by atoms with E-state index in [1.54, 1.807) is 0 Å². The minimum atomic E-state index is -3.28. The second-order valence-corrected chi connectivity index (χ2v) is 5.88. The molecule has 128 valence electrons. The van der Waals surface area contributed by atoms with Crippen LogP contribution in [-0.4, -0.2) is 43.3 Å². The van der Waals surface area contributed by atoms with E-state index in [9.17, 15) is 13.6 Å². The summed E-state index contributed by atoms with van der Waals surface area (Å²) in [5.74, 6) is 1.07. The molecule has 1 aromatic rings. The number of rotatable bonds is 5. The number of halogens is 2. The lowest BCUT2D eigenvalue weighted by Gasteiger charge is -2.32. The van der Waals surface area contributed by atoms with Gasteiger partial charge in [0.15, 0.2) is 0 Å². The average Bonchev–Trinajstić information content (AvgIpc) is 2.50. The third-order valence-corrected chi connectivity index (χ3v) is 3.31. The van der Waals surface area contributed by atoms with Crippen LogP contribution in [0.4, 0.5) is 13.6 Å². The van der Waals surface area contributed by atoms with Gasteiger partial charge in [-0.15, -0.1) is 0 Å². The molecule has 0 saturated carbocycles. The van der Waals surface area contributed by atoms with E-state index < -0.39 is 18.7 Å². The summed E-state index contributed by atoms with van der Waals surface area (Å²) >= 11 is 0. The van der Waals surface area contributed by atoms with Crippen molar-refractivity contribution < 1.29 is 23.0 Å². The van der Waals surface area contributed by atoms with E-state index in [-0.39, 0.29) is 19.7 Å². The lowest BCUT2D eigenvalue weighted by molar-refractivity contribution is -0.263. The predicted molar refractivity (Wildman–Crippen MR) is 81.5 cm³/mol. The molecule has 2 rings (SSSR count). The first kappa shape index (κ1) is 17.5. The van der Waals surface area contributed by atoms with E-state index >= 15 is 0 Å². The topological polar surface area (TPSA) is 50.8 Å². The molecule has 1 saturated heterocycles. The Balaban J connectivity index is 1.91. The minimum Gasteiger partial charge on any atom is -0.493 e. The lowest BCUT2D eigenvalue weighted by Crippen LogP contribution is -2.52. The third kappa shape index (κ3) is 5.35. The highest BCUT2D eigenvalue weighted by Crippen LogP contribution is 2.22. The van der Waals surface area contributed by atoms with Crippen LogP contribution in [0.2, 0.25) is 0 Å². The Kier molecular flexibility index (Phi) is 5.76. The highest BCUT2D eigenvalue weighted by atomic mass is 19.3. The Morgan fingerprint density at radius 2 is 2.17 bits per heavy atom. The molecule has 0 aromatic heterocycles. The largest absolute Gasteiger partial charge is 0.493 e. The Morgan fingerprint density at radius 3 is 2.87 bits per heavy atom. The first-order chi connectivity index (χ1) is 10.9. The maximum Gasteiger partial charge on any atom is 0.373 e. The maximum absolute atomic E-state index is 13.2. The second-order valence-electron chi connectivity index (χ2n) is 5.88. The van der Waals surface area contributed by atoms with Crippen LogP contribution in [-0.2, 0) is 11.3 Å². The summed E-state index contributed by atoms with van der Waals surface area (Å²) in [4.78, 5) is 13.1. The molecule has 0 bridgehead atoms. The minimum absolute atomic E-state index is 0.146. The van der Waals surface area contributed by atoms with Crippen LogP contribution in [0.25, 0.3) is 0 Å². The highest BCUT2D eigenvalue weighted by Gasteiger charge is 2.38. The fraction of sp³-hybridized carbons (Fsp3) is 0.562. The highest BCUT2D eigenvalue weighted by molar-refractivity contribution is 5.74. The molecule has 7 heteroatoms. The Morgan fingerprint density at radius 1 is 1.43 bits per heavy atom. The molecule has 0 unspecified atom stereocenters. The van der Waals surface area contributed by atoms with Crippen LogP contribution in [0.15, 0.2) is 24.3 Å². The van der Waals surface area contributed by atoms with Crippen LogP contribution in [0.1, 0.15) is 19.4 Å². The molecule has 2 amide bonds. The molecule has 0 radical (unpaired) electrons. The number of hydrogen-bond donors (Lipinski definition) is 1. The number of morpholine rings is 1. The molecule has 1 aliphatic rings. The average molecular weight is 328 g/mol. The number of nitrogens with zero attached hydrogens (tertiary/aromatic N) is 1. The van der Waals surface area contributed by atoms with Gasteiger partial charge < -0.3 is 19.7 Å². The van der Waals surface area contributed by atoms with E-state index in [2.05, 4.69) is 10.1 Å². The summed E-state index contributed by atoms with van der Waals surface area (Å²) in [6.45, 7) is 4.12. The fourth-order valence-corrected chi connectivity index (χ4v) is 2.16. The van der Waals surface area contributed by atoms with E-state index in [4.69, 9.17) is 4.74 Å². The van der Waals surface area contributed by atoms with E-state index in [0.717, 1.165) is 10.5 Å². The van der Waals surface area contributed by atoms with Crippen molar-refractivity contribution in [1.82, 2.24) is 10.2 Å². The van der Waals surface area contributed by atoms with Crippen LogP contribution >= 0.6 is 0 Å². The number of amides is 2. The van der Waals surface area contributed by atoms with Crippen molar-refractivity contribution in [3.8, 4) is 5.75 Å². The molecule has 23 heavy (non-hydrogen) atoms. The number of benzene rings is 1. The molecular formula is C16H22F2N2O3. The quantitative estimate of drug-likeness (QED) is 0.904. The van der Waals surface area contributed by atoms with Crippen molar-refractivity contribution in [2.24, 2.45) is 5.92 Å². The molecular weight excluding hydrogens is 306 g/mol. The zero-order chi connectivity index (χ0) is 16.9. The van der Waals surface area contributed by atoms with Crippen molar-refractivity contribution in [3.63, 3.8) is 0 Å². The van der Waals surface area contributed by atoms with Gasteiger partial charge in [-0.2, -0.15) is 8.78 Å². The van der Waals surface area contributed by atoms with Gasteiger partial charge in [-0.1, -0.05) is 32.0 Å². The molecule has 1 aromatic carbocycles. The van der Waals surface area contributed by atoms with Crippen molar-refractivity contribution in [3.05, 3.63) is 29.8 Å². The number of ether oxygens (including phenoxy) is 2. The predicted octanol–water partition coefficient (Wildman–Crippen LogP) is 2.86. The van der Waals surface area contributed by atoms with E-state index in [1.165, 1.54) is 0 Å². The first-order valence-corrected chi connectivity index (χ1v) is 7.62. The van der Waals surface area contributed by atoms with E-state index in [0.29, 0.717) is 18.3 Å². The molecule has 1 heterocycles. The van der Waals surface area contributed by atoms with Crippen molar-refractivity contribution in [2.45, 2.75) is 26.5 Å². The maximum atomic E-state index is 13.2. The number of carbonyl (C=O) groups is 1. The van der Waals surface area contributed by atoms with Gasteiger partial charge in [0.05, 0.1) is 13.2 Å². The Labute approximate surface area is 134 Å². The standard InChI is InChI=1S/C16H22F2N2O3/c1-12(2)10-22-14-6-4-3-5-13(14)9-19-15(21)20-7-8-23-16(17,18)11-20/h3-6,12H,7-11H2,1-2H3,(H,19,21). The number of alkyl halides is 2. The first-order valence-electron chi connectivity index (χ1n) is 7.62. The molecule has 1 aliphatic heterocycles. The van der Waals surface area contributed by atoms with Gasteiger partial charge in [-0.3, -0.25) is 0 Å². The smallest absolute Gasteiger partial charge is 0.373 e. The molecule has 0 aliphatic carbocycles. The van der Waals surface area contributed by atoms with Gasteiger partial charge >= 0.3 is 12.1 Å². The van der Waals surface area contributed by atoms with E-state index in [1.807, 2.05) is 38.1 Å². The zero-order valence-electron chi connectivity index (χ0n) is 13.4. The molecule has 1 fully saturated rings. The van der Waals surface area contributed by atoms with Crippen molar-refractivity contribution >= 4 is 6.03 Å². The van der Waals surface area contributed by atoms with Gasteiger partial charge in [-0.25, -0.2) is 4.79 Å². The Bertz CT molecular complexity index is 538. The number of carbonyl (C=O) groups excluding carboxylic acids is 1. The Hall–Kier alpha value is -1.89. The SMILES string of the molecule is CC(C)COc1ccccc1CNC(=O)N1CCOC(F)(F)C1. The number of para-hydroxylation sites is 1. The van der Waals surface area contributed by atoms with Gasteiger partial charge in [0.25, 0.3) is 0 Å². The summed E-state index contributed by atoms with van der Waals surface area (Å²) in [7, 11) is 0. The van der Waals surface area contributed by atoms with Crippen LogP contribution < -0.4 is 10.1 Å².